The Bertz CT molecular complexity index is 1700. The third-order valence-corrected chi connectivity index (χ3v) is 5.74. The van der Waals surface area contributed by atoms with E-state index in [0.717, 1.165) is 32.8 Å². The van der Waals surface area contributed by atoms with E-state index in [1.807, 2.05) is 36.4 Å². The average Bonchev–Trinajstić information content (AvgIpc) is 2.88. The summed E-state index contributed by atoms with van der Waals surface area (Å²) in [4.78, 5) is 22.2. The topological polar surface area (TPSA) is 90.5 Å². The number of rotatable bonds is 3. The minimum absolute atomic E-state index is 0.339. The van der Waals surface area contributed by atoms with Gasteiger partial charge in [-0.25, -0.2) is 19.3 Å². The number of benzene rings is 1. The van der Waals surface area contributed by atoms with E-state index in [1.165, 1.54) is 6.07 Å². The van der Waals surface area contributed by atoms with Gasteiger partial charge < -0.3 is 5.73 Å². The molecule has 0 bridgehead atoms. The van der Waals surface area contributed by atoms with Gasteiger partial charge in [0.1, 0.15) is 11.6 Å². The fourth-order valence-corrected chi connectivity index (χ4v) is 4.09. The molecule has 6 aromatic rings. The molecular weight excluding hydrogens is 427 g/mol. The Balaban J connectivity index is 1.55. The Kier molecular flexibility index (Phi) is 4.66. The number of pyridine rings is 5. The number of halogens is 1. The van der Waals surface area contributed by atoms with Crippen LogP contribution in [0.15, 0.2) is 91.6 Å². The van der Waals surface area contributed by atoms with Crippen molar-refractivity contribution in [1.82, 2.24) is 24.9 Å². The van der Waals surface area contributed by atoms with E-state index < -0.39 is 0 Å². The Hall–Kier alpha value is -4.78. The predicted octanol–water partition coefficient (Wildman–Crippen LogP) is 5.69. The van der Waals surface area contributed by atoms with Gasteiger partial charge in [-0.3, -0.25) is 9.97 Å². The zero-order valence-corrected chi connectivity index (χ0v) is 17.9. The van der Waals surface area contributed by atoms with Crippen LogP contribution in [0.2, 0.25) is 0 Å². The molecular formula is C27H17FN6. The lowest BCUT2D eigenvalue weighted by molar-refractivity contribution is 0.631. The molecule has 6 rings (SSSR count). The molecule has 0 amide bonds. The maximum absolute atomic E-state index is 14.6. The smallest absolute Gasteiger partial charge is 0.160 e. The van der Waals surface area contributed by atoms with Gasteiger partial charge in [0.25, 0.3) is 0 Å². The summed E-state index contributed by atoms with van der Waals surface area (Å²) in [6, 6.07) is 18.1. The zero-order chi connectivity index (χ0) is 23.1. The molecule has 0 unspecified atom stereocenters. The molecule has 162 valence electrons. The molecule has 0 fully saturated rings. The van der Waals surface area contributed by atoms with Crippen LogP contribution in [0.25, 0.3) is 55.4 Å². The maximum Gasteiger partial charge on any atom is 0.160 e. The van der Waals surface area contributed by atoms with Gasteiger partial charge in [0.05, 0.1) is 11.4 Å². The quantitative estimate of drug-likeness (QED) is 0.377. The van der Waals surface area contributed by atoms with Gasteiger partial charge in [-0.2, -0.15) is 0 Å². The Morgan fingerprint density at radius 1 is 0.676 bits per heavy atom. The first-order valence-corrected chi connectivity index (χ1v) is 10.6. The highest BCUT2D eigenvalue weighted by Crippen LogP contribution is 2.34. The summed E-state index contributed by atoms with van der Waals surface area (Å²) in [6.45, 7) is 0. The zero-order valence-electron chi connectivity index (χ0n) is 17.9. The van der Waals surface area contributed by atoms with Gasteiger partial charge in [-0.15, -0.1) is 0 Å². The third-order valence-electron chi connectivity index (χ3n) is 5.74. The maximum atomic E-state index is 14.6. The SMILES string of the molecule is Nc1nc(-c2cncc(-c3cc(-c4ccccc4F)nc4ncccc34)c2)cc2ccncc12. The molecule has 0 radical (unpaired) electrons. The van der Waals surface area contributed by atoms with Crippen molar-refractivity contribution in [2.45, 2.75) is 0 Å². The summed E-state index contributed by atoms with van der Waals surface area (Å²) < 4.78 is 14.6. The lowest BCUT2D eigenvalue weighted by atomic mass is 9.99. The van der Waals surface area contributed by atoms with Crippen molar-refractivity contribution in [1.29, 1.82) is 0 Å². The molecule has 0 atom stereocenters. The summed E-state index contributed by atoms with van der Waals surface area (Å²) in [6.07, 6.45) is 8.62. The van der Waals surface area contributed by atoms with Gasteiger partial charge in [0.2, 0.25) is 0 Å². The monoisotopic (exact) mass is 444 g/mol. The second-order valence-electron chi connectivity index (χ2n) is 7.86. The molecule has 7 heteroatoms. The van der Waals surface area contributed by atoms with Crippen LogP contribution in [-0.4, -0.2) is 24.9 Å². The Morgan fingerprint density at radius 2 is 1.56 bits per heavy atom. The lowest BCUT2D eigenvalue weighted by Crippen LogP contribution is -1.96. The van der Waals surface area contributed by atoms with Crippen molar-refractivity contribution in [3.8, 4) is 33.6 Å². The van der Waals surface area contributed by atoms with Gasteiger partial charge in [-0.1, -0.05) is 12.1 Å². The number of nitrogen functional groups attached to an aromatic ring is 1. The number of fused-ring (bicyclic) bond motifs is 2. The fraction of sp³-hybridized carbons (Fsp3) is 0. The molecule has 5 aromatic heterocycles. The third kappa shape index (κ3) is 3.40. The number of hydrogen-bond donors (Lipinski definition) is 1. The van der Waals surface area contributed by atoms with E-state index in [9.17, 15) is 4.39 Å². The minimum atomic E-state index is -0.339. The molecule has 1 aromatic carbocycles. The van der Waals surface area contributed by atoms with Crippen molar-refractivity contribution >= 4 is 27.6 Å². The number of aromatic nitrogens is 5. The summed E-state index contributed by atoms with van der Waals surface area (Å²) in [7, 11) is 0. The van der Waals surface area contributed by atoms with E-state index in [0.29, 0.717) is 28.4 Å². The first kappa shape index (κ1) is 19.9. The molecule has 5 heterocycles. The minimum Gasteiger partial charge on any atom is -0.383 e. The van der Waals surface area contributed by atoms with Gasteiger partial charge >= 0.3 is 0 Å². The van der Waals surface area contributed by atoms with Crippen LogP contribution < -0.4 is 5.73 Å². The van der Waals surface area contributed by atoms with E-state index in [-0.39, 0.29) is 5.82 Å². The number of nitrogens with zero attached hydrogens (tertiary/aromatic N) is 5. The van der Waals surface area contributed by atoms with E-state index in [4.69, 9.17) is 5.73 Å². The van der Waals surface area contributed by atoms with Crippen LogP contribution >= 0.6 is 0 Å². The second kappa shape index (κ2) is 7.97. The van der Waals surface area contributed by atoms with Crippen molar-refractivity contribution in [3.63, 3.8) is 0 Å². The average molecular weight is 444 g/mol. The van der Waals surface area contributed by atoms with Crippen molar-refractivity contribution < 1.29 is 4.39 Å². The van der Waals surface area contributed by atoms with Gasteiger partial charge in [0, 0.05) is 58.4 Å². The molecule has 0 aliphatic heterocycles. The van der Waals surface area contributed by atoms with E-state index >= 15 is 0 Å². The summed E-state index contributed by atoms with van der Waals surface area (Å²) in [5.41, 5.74) is 10.8. The highest BCUT2D eigenvalue weighted by molar-refractivity contribution is 5.96. The van der Waals surface area contributed by atoms with Crippen LogP contribution in [0, 0.1) is 5.82 Å². The van der Waals surface area contributed by atoms with Crippen LogP contribution in [0.1, 0.15) is 0 Å². The van der Waals surface area contributed by atoms with Crippen LogP contribution in [0.5, 0.6) is 0 Å². The number of hydrogen-bond acceptors (Lipinski definition) is 6. The molecule has 0 saturated heterocycles. The summed E-state index contributed by atoms with van der Waals surface area (Å²) >= 11 is 0. The summed E-state index contributed by atoms with van der Waals surface area (Å²) in [5.74, 6) is 0.0693. The van der Waals surface area contributed by atoms with Gasteiger partial charge in [0.15, 0.2) is 5.65 Å². The highest BCUT2D eigenvalue weighted by Gasteiger charge is 2.14. The first-order chi connectivity index (χ1) is 16.7. The number of anilines is 1. The molecule has 0 aliphatic rings. The Morgan fingerprint density at radius 3 is 2.47 bits per heavy atom. The first-order valence-electron chi connectivity index (χ1n) is 10.6. The van der Waals surface area contributed by atoms with Gasteiger partial charge in [-0.05, 0) is 59.5 Å². The van der Waals surface area contributed by atoms with Crippen molar-refractivity contribution in [2.75, 3.05) is 5.73 Å². The van der Waals surface area contributed by atoms with Crippen LogP contribution in [-0.2, 0) is 0 Å². The van der Waals surface area contributed by atoms with E-state index in [2.05, 4.69) is 24.9 Å². The molecule has 2 N–H and O–H groups in total. The van der Waals surface area contributed by atoms with Crippen molar-refractivity contribution in [3.05, 3.63) is 97.5 Å². The van der Waals surface area contributed by atoms with Crippen molar-refractivity contribution in [2.24, 2.45) is 0 Å². The lowest BCUT2D eigenvalue weighted by Gasteiger charge is -2.11. The molecule has 0 saturated carbocycles. The largest absolute Gasteiger partial charge is 0.383 e. The van der Waals surface area contributed by atoms with Crippen LogP contribution in [0.3, 0.4) is 0 Å². The molecule has 6 nitrogen and oxygen atoms in total. The van der Waals surface area contributed by atoms with Crippen LogP contribution in [0.4, 0.5) is 10.2 Å². The highest BCUT2D eigenvalue weighted by atomic mass is 19.1. The van der Waals surface area contributed by atoms with E-state index in [1.54, 1.807) is 49.2 Å². The summed E-state index contributed by atoms with van der Waals surface area (Å²) in [5, 5.41) is 2.60. The second-order valence-corrected chi connectivity index (χ2v) is 7.86. The molecule has 0 aliphatic carbocycles. The Labute approximate surface area is 194 Å². The standard InChI is InChI=1S/C27H17FN6/c28-23-6-2-1-4-20(23)25-12-21(19-5-3-8-32-27(19)34-25)17-10-18(14-31-13-17)24-11-16-7-9-30-15-22(16)26(29)33-24/h1-15H,(H2,29,33). The molecule has 0 spiro atoms. The number of nitrogens with two attached hydrogens (primary N) is 1. The predicted molar refractivity (Wildman–Crippen MR) is 131 cm³/mol. The fourth-order valence-electron chi connectivity index (χ4n) is 4.09. The molecule has 34 heavy (non-hydrogen) atoms. The normalized spacial score (nSPS) is 11.2.